The van der Waals surface area contributed by atoms with Crippen LogP contribution in [0.4, 0.5) is 5.69 Å². The number of hydrogen-bond donors (Lipinski definition) is 2. The van der Waals surface area contributed by atoms with E-state index in [-0.39, 0.29) is 11.3 Å². The van der Waals surface area contributed by atoms with Crippen LogP contribution < -0.4 is 10.0 Å². The van der Waals surface area contributed by atoms with Crippen LogP contribution in [0.25, 0.3) is 0 Å². The van der Waals surface area contributed by atoms with Crippen molar-refractivity contribution >= 4 is 37.5 Å². The predicted molar refractivity (Wildman–Crippen MR) is 113 cm³/mol. The van der Waals surface area contributed by atoms with Crippen molar-refractivity contribution in [2.24, 2.45) is 0 Å². The maximum absolute atomic E-state index is 12.9. The molecular weight excluding hydrogens is 440 g/mol. The van der Waals surface area contributed by atoms with E-state index in [1.54, 1.807) is 36.4 Å². The lowest BCUT2D eigenvalue weighted by Crippen LogP contribution is -2.45. The summed E-state index contributed by atoms with van der Waals surface area (Å²) in [6, 6.07) is 23.5. The zero-order chi connectivity index (χ0) is 20.0. The van der Waals surface area contributed by atoms with Crippen LogP contribution in [0.3, 0.4) is 0 Å². The van der Waals surface area contributed by atoms with E-state index in [1.165, 1.54) is 12.1 Å². The number of anilines is 1. The molecule has 0 aromatic heterocycles. The molecule has 144 valence electrons. The van der Waals surface area contributed by atoms with Gasteiger partial charge in [0.25, 0.3) is 0 Å². The molecule has 2 N–H and O–H groups in total. The Balaban J connectivity index is 1.86. The largest absolute Gasteiger partial charge is 0.324 e. The van der Waals surface area contributed by atoms with Gasteiger partial charge in [-0.05, 0) is 52.2 Å². The van der Waals surface area contributed by atoms with E-state index in [1.807, 2.05) is 36.4 Å². The van der Waals surface area contributed by atoms with Gasteiger partial charge in [-0.1, -0.05) is 60.7 Å². The van der Waals surface area contributed by atoms with Gasteiger partial charge >= 0.3 is 0 Å². The summed E-state index contributed by atoms with van der Waals surface area (Å²) >= 11 is 3.39. The third kappa shape index (κ3) is 5.28. The Morgan fingerprint density at radius 3 is 2.07 bits per heavy atom. The predicted octanol–water partition coefficient (Wildman–Crippen LogP) is 3.98. The Bertz CT molecular complexity index is 1040. The van der Waals surface area contributed by atoms with E-state index in [9.17, 15) is 13.2 Å². The van der Waals surface area contributed by atoms with Gasteiger partial charge in [-0.25, -0.2) is 8.42 Å². The molecule has 0 radical (unpaired) electrons. The summed E-state index contributed by atoms with van der Waals surface area (Å²) in [5.74, 6) is -0.435. The topological polar surface area (TPSA) is 75.3 Å². The van der Waals surface area contributed by atoms with Gasteiger partial charge in [-0.3, -0.25) is 4.79 Å². The second kappa shape index (κ2) is 9.14. The molecule has 0 saturated heterocycles. The van der Waals surface area contributed by atoms with E-state index in [0.717, 1.165) is 5.56 Å². The molecule has 3 rings (SSSR count). The second-order valence-electron chi connectivity index (χ2n) is 6.15. The van der Waals surface area contributed by atoms with Gasteiger partial charge in [0.05, 0.1) is 10.6 Å². The lowest BCUT2D eigenvalue weighted by molar-refractivity contribution is -0.117. The molecule has 7 heteroatoms. The molecule has 0 heterocycles. The highest BCUT2D eigenvalue weighted by molar-refractivity contribution is 9.10. The molecule has 3 aromatic carbocycles. The maximum Gasteiger partial charge on any atom is 0.242 e. The minimum atomic E-state index is -3.85. The third-order valence-corrected chi connectivity index (χ3v) is 6.26. The Morgan fingerprint density at radius 2 is 1.43 bits per heavy atom. The number of halogens is 1. The number of sulfonamides is 1. The Hall–Kier alpha value is -2.48. The number of hydrogen-bond acceptors (Lipinski definition) is 3. The lowest BCUT2D eigenvalue weighted by atomic mass is 10.1. The fourth-order valence-electron chi connectivity index (χ4n) is 2.68. The van der Waals surface area contributed by atoms with E-state index in [4.69, 9.17) is 0 Å². The molecule has 0 bridgehead atoms. The average molecular weight is 459 g/mol. The highest BCUT2D eigenvalue weighted by Gasteiger charge is 2.26. The van der Waals surface area contributed by atoms with Crippen molar-refractivity contribution in [3.8, 4) is 0 Å². The molecule has 28 heavy (non-hydrogen) atoms. The van der Waals surface area contributed by atoms with Crippen LogP contribution >= 0.6 is 15.9 Å². The van der Waals surface area contributed by atoms with E-state index >= 15 is 0 Å². The maximum atomic E-state index is 12.9. The summed E-state index contributed by atoms with van der Waals surface area (Å²) < 4.78 is 28.8. The van der Waals surface area contributed by atoms with Crippen LogP contribution in [0.15, 0.2) is 94.3 Å². The van der Waals surface area contributed by atoms with Crippen molar-refractivity contribution in [3.63, 3.8) is 0 Å². The molecule has 0 fully saturated rings. The molecule has 1 atom stereocenters. The first-order chi connectivity index (χ1) is 13.5. The number of rotatable bonds is 7. The van der Waals surface area contributed by atoms with Gasteiger partial charge in [0.2, 0.25) is 15.9 Å². The first-order valence-electron chi connectivity index (χ1n) is 8.62. The average Bonchev–Trinajstić information content (AvgIpc) is 2.70. The summed E-state index contributed by atoms with van der Waals surface area (Å²) in [4.78, 5) is 13.0. The van der Waals surface area contributed by atoms with Crippen LogP contribution in [0.1, 0.15) is 5.56 Å². The fraction of sp³-hybridized carbons (Fsp3) is 0.0952. The van der Waals surface area contributed by atoms with Gasteiger partial charge in [0.1, 0.15) is 6.04 Å². The molecule has 0 saturated carbocycles. The normalized spacial score (nSPS) is 12.3. The van der Waals surface area contributed by atoms with E-state index in [2.05, 4.69) is 26.0 Å². The minimum Gasteiger partial charge on any atom is -0.324 e. The molecule has 3 aromatic rings. The number of benzene rings is 3. The number of para-hydroxylation sites is 1. The number of carbonyl (C=O) groups excluding carboxylic acids is 1. The van der Waals surface area contributed by atoms with Crippen molar-refractivity contribution in [1.82, 2.24) is 4.72 Å². The fourth-order valence-corrected chi connectivity index (χ4v) is 4.28. The van der Waals surface area contributed by atoms with Gasteiger partial charge in [-0.15, -0.1) is 0 Å². The minimum absolute atomic E-state index is 0.113. The van der Waals surface area contributed by atoms with Crippen molar-refractivity contribution in [1.29, 1.82) is 0 Å². The Morgan fingerprint density at radius 1 is 0.857 bits per heavy atom. The standard InChI is InChI=1S/C21H19BrN2O3S/c22-18-13-7-8-14-19(18)23-21(25)20(15-16-9-3-1-4-10-16)24-28(26,27)17-11-5-2-6-12-17/h1-14,20,24H,15H2,(H,23,25)/t20-/m0/s1. The molecule has 0 aliphatic heterocycles. The van der Waals surface area contributed by atoms with Crippen LogP contribution in [0.2, 0.25) is 0 Å². The number of amides is 1. The molecule has 0 spiro atoms. The first kappa shape index (κ1) is 20.3. The number of nitrogens with one attached hydrogen (secondary N) is 2. The smallest absolute Gasteiger partial charge is 0.242 e. The highest BCUT2D eigenvalue weighted by atomic mass is 79.9. The van der Waals surface area contributed by atoms with Crippen LogP contribution in [-0.2, 0) is 21.2 Å². The highest BCUT2D eigenvalue weighted by Crippen LogP contribution is 2.22. The lowest BCUT2D eigenvalue weighted by Gasteiger charge is -2.19. The van der Waals surface area contributed by atoms with Gasteiger partial charge in [-0.2, -0.15) is 4.72 Å². The first-order valence-corrected chi connectivity index (χ1v) is 10.9. The van der Waals surface area contributed by atoms with Crippen LogP contribution in [0, 0.1) is 0 Å². The molecule has 0 aliphatic carbocycles. The molecule has 1 amide bonds. The summed E-state index contributed by atoms with van der Waals surface area (Å²) in [7, 11) is -3.85. The number of carbonyl (C=O) groups is 1. The Kier molecular flexibility index (Phi) is 6.61. The SMILES string of the molecule is O=C(Nc1ccccc1Br)[C@H](Cc1ccccc1)NS(=O)(=O)c1ccccc1. The van der Waals surface area contributed by atoms with Gasteiger partial charge < -0.3 is 5.32 Å². The van der Waals surface area contributed by atoms with Gasteiger partial charge in [0.15, 0.2) is 0 Å². The molecule has 0 unspecified atom stereocenters. The zero-order valence-electron chi connectivity index (χ0n) is 14.9. The third-order valence-electron chi connectivity index (χ3n) is 4.08. The summed E-state index contributed by atoms with van der Waals surface area (Å²) in [6.07, 6.45) is 0.225. The van der Waals surface area contributed by atoms with E-state index in [0.29, 0.717) is 10.2 Å². The monoisotopic (exact) mass is 458 g/mol. The molecule has 5 nitrogen and oxygen atoms in total. The summed E-state index contributed by atoms with van der Waals surface area (Å²) in [5.41, 5.74) is 1.43. The quantitative estimate of drug-likeness (QED) is 0.562. The summed E-state index contributed by atoms with van der Waals surface area (Å²) in [5, 5.41) is 2.79. The second-order valence-corrected chi connectivity index (χ2v) is 8.71. The van der Waals surface area contributed by atoms with Crippen molar-refractivity contribution in [2.75, 3.05) is 5.32 Å². The molecular formula is C21H19BrN2O3S. The van der Waals surface area contributed by atoms with E-state index < -0.39 is 22.0 Å². The van der Waals surface area contributed by atoms with Gasteiger partial charge in [0, 0.05) is 4.47 Å². The Labute approximate surface area is 173 Å². The van der Waals surface area contributed by atoms with Crippen molar-refractivity contribution in [2.45, 2.75) is 17.4 Å². The van der Waals surface area contributed by atoms with Crippen molar-refractivity contribution in [3.05, 3.63) is 95.0 Å². The summed E-state index contributed by atoms with van der Waals surface area (Å²) in [6.45, 7) is 0. The molecule has 0 aliphatic rings. The van der Waals surface area contributed by atoms with Crippen LogP contribution in [-0.4, -0.2) is 20.4 Å². The van der Waals surface area contributed by atoms with Crippen LogP contribution in [0.5, 0.6) is 0 Å². The van der Waals surface area contributed by atoms with Crippen molar-refractivity contribution < 1.29 is 13.2 Å². The zero-order valence-corrected chi connectivity index (χ0v) is 17.3.